The summed E-state index contributed by atoms with van der Waals surface area (Å²) in [6, 6.07) is 0. The van der Waals surface area contributed by atoms with Gasteiger partial charge in [-0.25, -0.2) is 4.57 Å². The molecule has 0 saturated carbocycles. The van der Waals surface area contributed by atoms with E-state index < -0.39 is 0 Å². The van der Waals surface area contributed by atoms with Crippen LogP contribution in [0.25, 0.3) is 0 Å². The van der Waals surface area contributed by atoms with Crippen molar-refractivity contribution in [2.24, 2.45) is 0 Å². The summed E-state index contributed by atoms with van der Waals surface area (Å²) in [6.45, 7) is 5.06. The van der Waals surface area contributed by atoms with E-state index in [2.05, 4.69) is 11.5 Å². The Kier molecular flexibility index (Phi) is 1.42. The molecule has 0 unspecified atom stereocenters. The number of aromatic nitrogens is 2. The summed E-state index contributed by atoms with van der Waals surface area (Å²) >= 11 is 0. The Morgan fingerprint density at radius 3 is 2.67 bits per heavy atom. The minimum atomic E-state index is 0.982. The number of hydrogen-bond acceptors (Lipinski definition) is 1. The molecule has 0 atom stereocenters. The second-order valence-corrected chi connectivity index (χ2v) is 2.04. The molecule has 50 valence electrons. The molecule has 0 bridgehead atoms. The van der Waals surface area contributed by atoms with Crippen LogP contribution in [0, 0.1) is 6.92 Å². The first-order valence-corrected chi connectivity index (χ1v) is 3.08. The molecule has 1 heterocycles. The molecule has 1 aromatic heterocycles. The van der Waals surface area contributed by atoms with Gasteiger partial charge in [0, 0.05) is 6.92 Å². The Bertz CT molecular complexity index is 202. The van der Waals surface area contributed by atoms with E-state index in [9.17, 15) is 0 Å². The summed E-state index contributed by atoms with van der Waals surface area (Å²) < 4.78 is 3.70. The van der Waals surface area contributed by atoms with E-state index in [0.29, 0.717) is 0 Å². The van der Waals surface area contributed by atoms with Crippen molar-refractivity contribution in [2.75, 3.05) is 5.84 Å². The summed E-state index contributed by atoms with van der Waals surface area (Å²) in [5.74, 6) is 6.59. The van der Waals surface area contributed by atoms with E-state index in [0.717, 1.165) is 12.4 Å². The van der Waals surface area contributed by atoms with Gasteiger partial charge in [-0.15, -0.1) is 4.68 Å². The van der Waals surface area contributed by atoms with Gasteiger partial charge in [-0.1, -0.05) is 0 Å². The quantitative estimate of drug-likeness (QED) is 0.411. The zero-order valence-corrected chi connectivity index (χ0v) is 5.83. The van der Waals surface area contributed by atoms with Gasteiger partial charge in [0.25, 0.3) is 5.82 Å². The molecule has 0 aliphatic heterocycles. The normalized spacial score (nSPS) is 10.0. The average molecular weight is 126 g/mol. The van der Waals surface area contributed by atoms with E-state index in [1.54, 1.807) is 4.68 Å². The minimum Gasteiger partial charge on any atom is -0.269 e. The predicted molar refractivity (Wildman–Crippen MR) is 35.2 cm³/mol. The van der Waals surface area contributed by atoms with Crippen LogP contribution in [0.5, 0.6) is 0 Å². The first-order chi connectivity index (χ1) is 4.25. The maximum atomic E-state index is 5.51. The molecule has 0 aromatic carbocycles. The van der Waals surface area contributed by atoms with Crippen molar-refractivity contribution in [1.29, 1.82) is 0 Å². The lowest BCUT2D eigenvalue weighted by molar-refractivity contribution is -0.698. The highest BCUT2D eigenvalue weighted by Crippen LogP contribution is 1.83. The zero-order chi connectivity index (χ0) is 6.85. The van der Waals surface area contributed by atoms with Crippen LogP contribution in [-0.4, -0.2) is 4.68 Å². The summed E-state index contributed by atoms with van der Waals surface area (Å²) in [5.41, 5.74) is 0. The predicted octanol–water partition coefficient (Wildman–Crippen LogP) is -0.182. The van der Waals surface area contributed by atoms with Gasteiger partial charge in [-0.3, -0.25) is 5.84 Å². The van der Waals surface area contributed by atoms with Crippen LogP contribution < -0.4 is 10.4 Å². The third-order valence-corrected chi connectivity index (χ3v) is 1.54. The largest absolute Gasteiger partial charge is 0.276 e. The maximum absolute atomic E-state index is 5.51. The van der Waals surface area contributed by atoms with Crippen molar-refractivity contribution in [2.45, 2.75) is 20.4 Å². The summed E-state index contributed by atoms with van der Waals surface area (Å²) in [4.78, 5) is 0. The number of aryl methyl sites for hydroxylation is 1. The highest BCUT2D eigenvalue weighted by atomic mass is 15.3. The fraction of sp³-hybridized carbons (Fsp3) is 0.500. The molecule has 0 amide bonds. The molecule has 1 aromatic rings. The van der Waals surface area contributed by atoms with Gasteiger partial charge in [0.05, 0.1) is 6.54 Å². The first-order valence-electron chi connectivity index (χ1n) is 3.08. The van der Waals surface area contributed by atoms with Gasteiger partial charge in [-0.2, -0.15) is 0 Å². The Labute approximate surface area is 54.7 Å². The van der Waals surface area contributed by atoms with Gasteiger partial charge in [0.15, 0.2) is 6.20 Å². The number of rotatable bonds is 1. The lowest BCUT2D eigenvalue weighted by atomic mass is 10.6. The van der Waals surface area contributed by atoms with Crippen molar-refractivity contribution >= 4 is 0 Å². The van der Waals surface area contributed by atoms with Gasteiger partial charge < -0.3 is 0 Å². The van der Waals surface area contributed by atoms with Crippen LogP contribution in [0.1, 0.15) is 12.7 Å². The van der Waals surface area contributed by atoms with Crippen LogP contribution in [-0.2, 0) is 6.54 Å². The van der Waals surface area contributed by atoms with E-state index in [1.165, 1.54) is 0 Å². The SMILES string of the molecule is CC[n+]1ccn(N)c1C. The summed E-state index contributed by atoms with van der Waals surface area (Å²) in [7, 11) is 0. The number of nitrogen functional groups attached to an aromatic ring is 1. The fourth-order valence-electron chi connectivity index (χ4n) is 0.851. The Balaban J connectivity index is 3.04. The molecule has 0 aliphatic rings. The van der Waals surface area contributed by atoms with Crippen molar-refractivity contribution in [1.82, 2.24) is 4.68 Å². The van der Waals surface area contributed by atoms with Crippen molar-refractivity contribution in [3.05, 3.63) is 18.2 Å². The maximum Gasteiger partial charge on any atom is 0.276 e. The molecule has 2 N–H and O–H groups in total. The molecule has 0 aliphatic carbocycles. The van der Waals surface area contributed by atoms with Crippen LogP contribution in [0.4, 0.5) is 0 Å². The second-order valence-electron chi connectivity index (χ2n) is 2.04. The lowest BCUT2D eigenvalue weighted by Gasteiger charge is -1.89. The van der Waals surface area contributed by atoms with Gasteiger partial charge in [-0.05, 0) is 6.92 Å². The Morgan fingerprint density at radius 1 is 1.78 bits per heavy atom. The minimum absolute atomic E-state index is 0.982. The summed E-state index contributed by atoms with van der Waals surface area (Å²) in [6.07, 6.45) is 3.81. The first kappa shape index (κ1) is 6.13. The van der Waals surface area contributed by atoms with Crippen molar-refractivity contribution < 1.29 is 4.57 Å². The lowest BCUT2D eigenvalue weighted by Crippen LogP contribution is -2.34. The van der Waals surface area contributed by atoms with E-state index in [1.807, 2.05) is 19.3 Å². The number of hydrogen-bond donors (Lipinski definition) is 1. The zero-order valence-electron chi connectivity index (χ0n) is 5.83. The van der Waals surface area contributed by atoms with Crippen LogP contribution in [0.15, 0.2) is 12.4 Å². The smallest absolute Gasteiger partial charge is 0.269 e. The van der Waals surface area contributed by atoms with E-state index >= 15 is 0 Å². The standard InChI is InChI=1S/C6H12N3/c1-3-8-4-5-9(7)6(8)2/h4-5H,3,7H2,1-2H3/q+1. The molecule has 0 fully saturated rings. The average Bonchev–Trinajstić information content (AvgIpc) is 2.15. The van der Waals surface area contributed by atoms with Crippen LogP contribution in [0.3, 0.4) is 0 Å². The third-order valence-electron chi connectivity index (χ3n) is 1.54. The Morgan fingerprint density at radius 2 is 2.44 bits per heavy atom. The third kappa shape index (κ3) is 0.896. The molecule has 0 radical (unpaired) electrons. The highest BCUT2D eigenvalue weighted by Gasteiger charge is 2.05. The second kappa shape index (κ2) is 2.09. The fourth-order valence-corrected chi connectivity index (χ4v) is 0.851. The molecular weight excluding hydrogens is 114 g/mol. The highest BCUT2D eigenvalue weighted by molar-refractivity contribution is 4.77. The molecule has 3 nitrogen and oxygen atoms in total. The van der Waals surface area contributed by atoms with Gasteiger partial charge >= 0.3 is 0 Å². The monoisotopic (exact) mass is 126 g/mol. The summed E-state index contributed by atoms with van der Waals surface area (Å²) in [5, 5.41) is 0. The van der Waals surface area contributed by atoms with Gasteiger partial charge in [0.2, 0.25) is 0 Å². The molecular formula is C6H12N3+. The van der Waals surface area contributed by atoms with Crippen LogP contribution in [0.2, 0.25) is 0 Å². The van der Waals surface area contributed by atoms with E-state index in [-0.39, 0.29) is 0 Å². The molecule has 3 heteroatoms. The van der Waals surface area contributed by atoms with Crippen molar-refractivity contribution in [3.63, 3.8) is 0 Å². The molecule has 0 saturated heterocycles. The Hall–Kier alpha value is -0.990. The number of nitrogens with two attached hydrogens (primary N) is 1. The van der Waals surface area contributed by atoms with Gasteiger partial charge in [0.1, 0.15) is 6.20 Å². The molecule has 1 rings (SSSR count). The topological polar surface area (TPSA) is 34.8 Å². The van der Waals surface area contributed by atoms with Crippen molar-refractivity contribution in [3.8, 4) is 0 Å². The van der Waals surface area contributed by atoms with Crippen LogP contribution >= 0.6 is 0 Å². The number of imidazole rings is 1. The molecule has 0 spiro atoms. The molecule has 9 heavy (non-hydrogen) atoms. The number of nitrogens with zero attached hydrogens (tertiary/aromatic N) is 2. The van der Waals surface area contributed by atoms with E-state index in [4.69, 9.17) is 5.84 Å².